The Bertz CT molecular complexity index is 1110. The highest BCUT2D eigenvalue weighted by Crippen LogP contribution is 2.46. The molecule has 3 heterocycles. The number of furan rings is 1. The molecule has 1 amide bonds. The maximum Gasteiger partial charge on any atom is 0.256 e. The summed E-state index contributed by atoms with van der Waals surface area (Å²) in [6, 6.07) is 11.4. The van der Waals surface area contributed by atoms with Crippen molar-refractivity contribution < 1.29 is 9.21 Å². The number of nitrogens with one attached hydrogen (secondary N) is 2. The van der Waals surface area contributed by atoms with Crippen LogP contribution in [0.1, 0.15) is 59.9 Å². The number of benzene rings is 1. The highest BCUT2D eigenvalue weighted by atomic mass is 35.5. The molecular formula is C24H25ClN2O2S. The van der Waals surface area contributed by atoms with Crippen LogP contribution in [0.5, 0.6) is 0 Å². The summed E-state index contributed by atoms with van der Waals surface area (Å²) < 4.78 is 6.06. The van der Waals surface area contributed by atoms with Gasteiger partial charge in [-0.05, 0) is 72.6 Å². The van der Waals surface area contributed by atoms with E-state index in [1.165, 1.54) is 10.4 Å². The molecule has 0 unspecified atom stereocenters. The van der Waals surface area contributed by atoms with E-state index in [-0.39, 0.29) is 17.5 Å². The summed E-state index contributed by atoms with van der Waals surface area (Å²) in [6.45, 7) is 6.94. The minimum atomic E-state index is -0.371. The number of halogens is 1. The van der Waals surface area contributed by atoms with E-state index in [4.69, 9.17) is 16.0 Å². The summed E-state index contributed by atoms with van der Waals surface area (Å²) in [7, 11) is 0. The van der Waals surface area contributed by atoms with Crippen LogP contribution in [0.2, 0.25) is 5.02 Å². The van der Waals surface area contributed by atoms with Gasteiger partial charge in [-0.25, -0.2) is 0 Å². The number of fused-ring (bicyclic) bond motifs is 3. The van der Waals surface area contributed by atoms with Crippen LogP contribution in [0.25, 0.3) is 11.3 Å². The Balaban J connectivity index is 1.41. The molecule has 2 N–H and O–H groups in total. The third-order valence-electron chi connectivity index (χ3n) is 6.31. The Morgan fingerprint density at radius 2 is 1.87 bits per heavy atom. The maximum absolute atomic E-state index is 13.0. The van der Waals surface area contributed by atoms with E-state index in [1.807, 2.05) is 36.4 Å². The van der Waals surface area contributed by atoms with Crippen molar-refractivity contribution in [2.45, 2.75) is 46.2 Å². The van der Waals surface area contributed by atoms with Crippen LogP contribution in [0.3, 0.4) is 0 Å². The highest BCUT2D eigenvalue weighted by Gasteiger charge is 2.37. The van der Waals surface area contributed by atoms with E-state index < -0.39 is 0 Å². The van der Waals surface area contributed by atoms with Crippen molar-refractivity contribution in [1.82, 2.24) is 5.32 Å². The quantitative estimate of drug-likeness (QED) is 0.468. The first-order chi connectivity index (χ1) is 14.3. The molecule has 5 rings (SSSR count). The number of carbonyl (C=O) groups is 1. The number of rotatable bonds is 2. The van der Waals surface area contributed by atoms with Crippen LogP contribution in [0, 0.1) is 11.3 Å². The fourth-order valence-electron chi connectivity index (χ4n) is 4.46. The summed E-state index contributed by atoms with van der Waals surface area (Å²) in [5, 5.41) is 8.24. The average molecular weight is 441 g/mol. The molecule has 2 atom stereocenters. The van der Waals surface area contributed by atoms with Crippen LogP contribution in [-0.2, 0) is 12.8 Å². The Kier molecular flexibility index (Phi) is 4.71. The van der Waals surface area contributed by atoms with Gasteiger partial charge in [0.15, 0.2) is 6.17 Å². The van der Waals surface area contributed by atoms with Gasteiger partial charge in [-0.2, -0.15) is 0 Å². The first kappa shape index (κ1) is 19.7. The van der Waals surface area contributed by atoms with Crippen molar-refractivity contribution in [3.05, 3.63) is 63.2 Å². The third kappa shape index (κ3) is 3.44. The molecule has 0 saturated carbocycles. The van der Waals surface area contributed by atoms with Crippen molar-refractivity contribution in [3.63, 3.8) is 0 Å². The smallest absolute Gasteiger partial charge is 0.256 e. The number of hydrogen-bond donors (Lipinski definition) is 2. The van der Waals surface area contributed by atoms with E-state index in [1.54, 1.807) is 11.3 Å². The zero-order chi connectivity index (χ0) is 21.0. The molecule has 6 heteroatoms. The molecule has 4 nitrogen and oxygen atoms in total. The highest BCUT2D eigenvalue weighted by molar-refractivity contribution is 7.16. The van der Waals surface area contributed by atoms with Gasteiger partial charge in [0.2, 0.25) is 0 Å². The van der Waals surface area contributed by atoms with Gasteiger partial charge < -0.3 is 15.1 Å². The zero-order valence-corrected chi connectivity index (χ0v) is 18.9. The Morgan fingerprint density at radius 1 is 1.10 bits per heavy atom. The van der Waals surface area contributed by atoms with Crippen LogP contribution in [0.4, 0.5) is 5.00 Å². The van der Waals surface area contributed by atoms with Gasteiger partial charge in [0.1, 0.15) is 16.5 Å². The first-order valence-electron chi connectivity index (χ1n) is 10.4. The second-order valence-corrected chi connectivity index (χ2v) is 10.8. The predicted molar refractivity (Wildman–Crippen MR) is 122 cm³/mol. The monoisotopic (exact) mass is 440 g/mol. The average Bonchev–Trinajstić information content (AvgIpc) is 3.32. The number of anilines is 1. The van der Waals surface area contributed by atoms with Gasteiger partial charge in [-0.15, -0.1) is 11.3 Å². The first-order valence-corrected chi connectivity index (χ1v) is 11.6. The van der Waals surface area contributed by atoms with Crippen molar-refractivity contribution in [2.75, 3.05) is 5.32 Å². The van der Waals surface area contributed by atoms with Gasteiger partial charge in [-0.3, -0.25) is 4.79 Å². The van der Waals surface area contributed by atoms with E-state index in [0.29, 0.717) is 16.7 Å². The molecule has 3 aromatic rings. The van der Waals surface area contributed by atoms with Crippen LogP contribution in [0.15, 0.2) is 40.8 Å². The molecular weight excluding hydrogens is 416 g/mol. The van der Waals surface area contributed by atoms with Gasteiger partial charge in [-0.1, -0.05) is 32.4 Å². The van der Waals surface area contributed by atoms with Gasteiger partial charge in [0.05, 0.1) is 5.56 Å². The molecule has 0 bridgehead atoms. The summed E-state index contributed by atoms with van der Waals surface area (Å²) in [4.78, 5) is 14.4. The Hall–Kier alpha value is -2.24. The van der Waals surface area contributed by atoms with Gasteiger partial charge in [0, 0.05) is 15.5 Å². The molecule has 1 aromatic carbocycles. The molecule has 2 aromatic heterocycles. The van der Waals surface area contributed by atoms with E-state index >= 15 is 0 Å². The lowest BCUT2D eigenvalue weighted by molar-refractivity contribution is 0.0930. The van der Waals surface area contributed by atoms with Gasteiger partial charge in [0.25, 0.3) is 5.91 Å². The third-order valence-corrected chi connectivity index (χ3v) is 7.75. The number of amides is 1. The minimum Gasteiger partial charge on any atom is -0.457 e. The summed E-state index contributed by atoms with van der Waals surface area (Å²) in [5.74, 6) is 2.08. The molecule has 0 saturated heterocycles. The van der Waals surface area contributed by atoms with Crippen molar-refractivity contribution in [1.29, 1.82) is 0 Å². The van der Waals surface area contributed by atoms with Crippen molar-refractivity contribution in [2.24, 2.45) is 11.3 Å². The van der Waals surface area contributed by atoms with Crippen LogP contribution < -0.4 is 10.6 Å². The fraction of sp³-hybridized carbons (Fsp3) is 0.375. The molecule has 0 fully saturated rings. The van der Waals surface area contributed by atoms with Crippen LogP contribution in [-0.4, -0.2) is 5.91 Å². The number of hydrogen-bond acceptors (Lipinski definition) is 4. The van der Waals surface area contributed by atoms with E-state index in [0.717, 1.165) is 41.2 Å². The second-order valence-electron chi connectivity index (χ2n) is 9.27. The standard InChI is InChI=1S/C24H25ClN2O2S/c1-24(2,3)14-6-9-16-19(12-14)30-23-20(16)22(28)26-21(27-23)18-11-10-17(29-18)13-4-7-15(25)8-5-13/h4-5,7-8,10-11,14,21,27H,6,9,12H2,1-3H3,(H,26,28)/t14-,21+/m0/s1. The normalized spacial score (nSPS) is 20.9. The van der Waals surface area contributed by atoms with Crippen LogP contribution >= 0.6 is 22.9 Å². The minimum absolute atomic E-state index is 0.00935. The molecule has 30 heavy (non-hydrogen) atoms. The number of thiophene rings is 1. The van der Waals surface area contributed by atoms with E-state index in [2.05, 4.69) is 31.4 Å². The predicted octanol–water partition coefficient (Wildman–Crippen LogP) is 6.67. The second kappa shape index (κ2) is 7.17. The maximum atomic E-state index is 13.0. The summed E-state index contributed by atoms with van der Waals surface area (Å²) in [6.07, 6.45) is 2.80. The van der Waals surface area contributed by atoms with Gasteiger partial charge >= 0.3 is 0 Å². The summed E-state index contributed by atoms with van der Waals surface area (Å²) in [5.41, 5.74) is 3.31. The lowest BCUT2D eigenvalue weighted by Gasteiger charge is -2.34. The Labute approximate surface area is 185 Å². The molecule has 0 spiro atoms. The molecule has 0 radical (unpaired) electrons. The number of carbonyl (C=O) groups excluding carboxylic acids is 1. The SMILES string of the molecule is CC(C)(C)[C@H]1CCc2c(sc3c2C(=O)N[C@@H](c2ccc(-c4ccc(Cl)cc4)o2)N3)C1. The lowest BCUT2D eigenvalue weighted by atomic mass is 9.72. The molecule has 1 aliphatic carbocycles. The molecule has 2 aliphatic rings. The zero-order valence-electron chi connectivity index (χ0n) is 17.3. The molecule has 156 valence electrons. The van der Waals surface area contributed by atoms with Crippen molar-refractivity contribution in [3.8, 4) is 11.3 Å². The Morgan fingerprint density at radius 3 is 2.60 bits per heavy atom. The van der Waals surface area contributed by atoms with E-state index in [9.17, 15) is 4.79 Å². The summed E-state index contributed by atoms with van der Waals surface area (Å²) >= 11 is 7.72. The largest absolute Gasteiger partial charge is 0.457 e. The molecule has 1 aliphatic heterocycles. The fourth-order valence-corrected chi connectivity index (χ4v) is 5.94. The topological polar surface area (TPSA) is 54.3 Å². The van der Waals surface area contributed by atoms with Crippen molar-refractivity contribution >= 4 is 33.8 Å². The lowest BCUT2D eigenvalue weighted by Crippen LogP contribution is -2.38.